The molecular weight excluding hydrogens is 324 g/mol. The summed E-state index contributed by atoms with van der Waals surface area (Å²) in [5.41, 5.74) is 15.5. The third-order valence-electron chi connectivity index (χ3n) is 4.03. The van der Waals surface area contributed by atoms with Crippen molar-refractivity contribution in [2.75, 3.05) is 0 Å². The number of amidine groups is 2. The molecule has 6 N–H and O–H groups in total. The van der Waals surface area contributed by atoms with Crippen molar-refractivity contribution in [3.8, 4) is 16.9 Å². The number of benzene rings is 3. The zero-order valence-electron chi connectivity index (χ0n) is 14.2. The lowest BCUT2D eigenvalue weighted by atomic mass is 10.0. The van der Waals surface area contributed by atoms with Crippen LogP contribution in [0.2, 0.25) is 0 Å². The molecule has 0 radical (unpaired) electrons. The minimum Gasteiger partial charge on any atom is -0.489 e. The molecule has 0 atom stereocenters. The standard InChI is InChI=1S/C21H20N4O/c22-20(23)17-10-8-16(9-11-17)15-6-4-14(5-7-15)13-26-19-3-1-2-18(12-19)21(24)25/h1-12H,13H2,(H3,22,23)(H3,24,25). The van der Waals surface area contributed by atoms with E-state index in [1.807, 2.05) is 60.7 Å². The van der Waals surface area contributed by atoms with Crippen molar-refractivity contribution < 1.29 is 4.74 Å². The van der Waals surface area contributed by atoms with Crippen LogP contribution in [0.4, 0.5) is 0 Å². The van der Waals surface area contributed by atoms with E-state index in [4.69, 9.17) is 27.0 Å². The Morgan fingerprint density at radius 1 is 0.731 bits per heavy atom. The predicted molar refractivity (Wildman–Crippen MR) is 105 cm³/mol. The lowest BCUT2D eigenvalue weighted by Crippen LogP contribution is -2.10. The topological polar surface area (TPSA) is 109 Å². The Hall–Kier alpha value is -3.60. The van der Waals surface area contributed by atoms with Crippen LogP contribution in [-0.2, 0) is 6.61 Å². The van der Waals surface area contributed by atoms with Gasteiger partial charge in [-0.2, -0.15) is 0 Å². The Bertz CT molecular complexity index is 931. The van der Waals surface area contributed by atoms with Crippen molar-refractivity contribution in [2.24, 2.45) is 11.5 Å². The van der Waals surface area contributed by atoms with Crippen molar-refractivity contribution in [2.45, 2.75) is 6.61 Å². The molecule has 0 bridgehead atoms. The van der Waals surface area contributed by atoms with Gasteiger partial charge in [0.15, 0.2) is 0 Å². The molecule has 5 nitrogen and oxygen atoms in total. The summed E-state index contributed by atoms with van der Waals surface area (Å²) < 4.78 is 5.78. The molecule has 3 aromatic rings. The normalized spacial score (nSPS) is 10.3. The van der Waals surface area contributed by atoms with Gasteiger partial charge in [0.05, 0.1) is 0 Å². The van der Waals surface area contributed by atoms with Gasteiger partial charge in [0, 0.05) is 11.1 Å². The quantitative estimate of drug-likeness (QED) is 0.406. The molecule has 0 aliphatic rings. The Morgan fingerprint density at radius 2 is 1.31 bits per heavy atom. The summed E-state index contributed by atoms with van der Waals surface area (Å²) >= 11 is 0. The SMILES string of the molecule is N=C(N)c1ccc(-c2ccc(COc3cccc(C(=N)N)c3)cc2)cc1. The van der Waals surface area contributed by atoms with E-state index in [0.29, 0.717) is 23.5 Å². The maximum absolute atomic E-state index is 7.47. The van der Waals surface area contributed by atoms with Gasteiger partial charge in [-0.3, -0.25) is 10.8 Å². The highest BCUT2D eigenvalue weighted by Crippen LogP contribution is 2.21. The first kappa shape index (κ1) is 17.2. The number of ether oxygens (including phenoxy) is 1. The summed E-state index contributed by atoms with van der Waals surface area (Å²) in [6.07, 6.45) is 0. The van der Waals surface area contributed by atoms with Gasteiger partial charge < -0.3 is 16.2 Å². The second-order valence-corrected chi connectivity index (χ2v) is 5.92. The molecule has 0 unspecified atom stereocenters. The highest BCUT2D eigenvalue weighted by Gasteiger charge is 2.03. The second kappa shape index (κ2) is 7.53. The minimum absolute atomic E-state index is 0.0237. The summed E-state index contributed by atoms with van der Waals surface area (Å²) in [6, 6.07) is 22.9. The van der Waals surface area contributed by atoms with E-state index in [2.05, 4.69) is 0 Å². The van der Waals surface area contributed by atoms with E-state index in [9.17, 15) is 0 Å². The molecule has 0 saturated heterocycles. The van der Waals surface area contributed by atoms with Gasteiger partial charge in [-0.25, -0.2) is 0 Å². The van der Waals surface area contributed by atoms with Crippen LogP contribution in [0.3, 0.4) is 0 Å². The largest absolute Gasteiger partial charge is 0.489 e. The first-order chi connectivity index (χ1) is 12.5. The maximum Gasteiger partial charge on any atom is 0.122 e. The highest BCUT2D eigenvalue weighted by molar-refractivity contribution is 5.95. The van der Waals surface area contributed by atoms with Gasteiger partial charge in [-0.15, -0.1) is 0 Å². The van der Waals surface area contributed by atoms with Crippen LogP contribution in [0.1, 0.15) is 16.7 Å². The number of nitrogens with two attached hydrogens (primary N) is 2. The average molecular weight is 344 g/mol. The number of nitrogens with one attached hydrogen (secondary N) is 2. The zero-order valence-corrected chi connectivity index (χ0v) is 14.2. The van der Waals surface area contributed by atoms with Crippen LogP contribution in [0.5, 0.6) is 5.75 Å². The molecule has 0 aliphatic heterocycles. The summed E-state index contributed by atoms with van der Waals surface area (Å²) in [5.74, 6) is 0.773. The molecule has 0 saturated carbocycles. The van der Waals surface area contributed by atoms with E-state index in [1.165, 1.54) is 0 Å². The number of rotatable bonds is 6. The van der Waals surface area contributed by atoms with Gasteiger partial charge in [-0.05, 0) is 28.8 Å². The fraction of sp³-hybridized carbons (Fsp3) is 0.0476. The van der Waals surface area contributed by atoms with Gasteiger partial charge in [0.1, 0.15) is 24.0 Å². The summed E-state index contributed by atoms with van der Waals surface area (Å²) in [6.45, 7) is 0.435. The average Bonchev–Trinajstić information content (AvgIpc) is 2.67. The van der Waals surface area contributed by atoms with Gasteiger partial charge in [0.25, 0.3) is 0 Å². The molecule has 3 rings (SSSR count). The van der Waals surface area contributed by atoms with Crippen LogP contribution in [0.15, 0.2) is 72.8 Å². The van der Waals surface area contributed by atoms with E-state index < -0.39 is 0 Å². The summed E-state index contributed by atoms with van der Waals surface area (Å²) in [4.78, 5) is 0. The number of nitrogen functional groups attached to an aromatic ring is 2. The van der Waals surface area contributed by atoms with Crippen LogP contribution < -0.4 is 16.2 Å². The summed E-state index contributed by atoms with van der Waals surface area (Å²) in [7, 11) is 0. The molecule has 0 aliphatic carbocycles. The van der Waals surface area contributed by atoms with Crippen molar-refractivity contribution in [3.63, 3.8) is 0 Å². The molecular formula is C21H20N4O. The van der Waals surface area contributed by atoms with Crippen LogP contribution in [0.25, 0.3) is 11.1 Å². The molecule has 0 fully saturated rings. The second-order valence-electron chi connectivity index (χ2n) is 5.92. The molecule has 3 aromatic carbocycles. The van der Waals surface area contributed by atoms with Crippen LogP contribution in [0, 0.1) is 10.8 Å². The minimum atomic E-state index is 0.0237. The zero-order chi connectivity index (χ0) is 18.5. The van der Waals surface area contributed by atoms with Gasteiger partial charge in [-0.1, -0.05) is 60.7 Å². The first-order valence-electron chi connectivity index (χ1n) is 8.14. The fourth-order valence-corrected chi connectivity index (χ4v) is 2.56. The number of hydrogen-bond acceptors (Lipinski definition) is 3. The lowest BCUT2D eigenvalue weighted by molar-refractivity contribution is 0.306. The van der Waals surface area contributed by atoms with Crippen LogP contribution >= 0.6 is 0 Å². The van der Waals surface area contributed by atoms with Crippen molar-refractivity contribution in [1.82, 2.24) is 0 Å². The highest BCUT2D eigenvalue weighted by atomic mass is 16.5. The molecule has 0 spiro atoms. The Morgan fingerprint density at radius 3 is 1.88 bits per heavy atom. The third-order valence-corrected chi connectivity index (χ3v) is 4.03. The number of hydrogen-bond donors (Lipinski definition) is 4. The molecule has 0 amide bonds. The smallest absolute Gasteiger partial charge is 0.122 e. The van der Waals surface area contributed by atoms with E-state index in [-0.39, 0.29) is 11.7 Å². The fourth-order valence-electron chi connectivity index (χ4n) is 2.56. The third kappa shape index (κ3) is 4.08. The predicted octanol–water partition coefficient (Wildman–Crippen LogP) is 3.50. The van der Waals surface area contributed by atoms with E-state index in [0.717, 1.165) is 16.7 Å². The summed E-state index contributed by atoms with van der Waals surface area (Å²) in [5, 5.41) is 14.9. The first-order valence-corrected chi connectivity index (χ1v) is 8.14. The molecule has 0 aromatic heterocycles. The maximum atomic E-state index is 7.47. The molecule has 0 heterocycles. The van der Waals surface area contributed by atoms with Crippen molar-refractivity contribution in [1.29, 1.82) is 10.8 Å². The molecule has 130 valence electrons. The van der Waals surface area contributed by atoms with E-state index in [1.54, 1.807) is 12.1 Å². The van der Waals surface area contributed by atoms with Crippen molar-refractivity contribution >= 4 is 11.7 Å². The molecule has 5 heteroatoms. The van der Waals surface area contributed by atoms with Gasteiger partial charge in [0.2, 0.25) is 0 Å². The lowest BCUT2D eigenvalue weighted by Gasteiger charge is -2.09. The monoisotopic (exact) mass is 344 g/mol. The Kier molecular flexibility index (Phi) is 4.99. The van der Waals surface area contributed by atoms with Crippen LogP contribution in [-0.4, -0.2) is 11.7 Å². The molecule has 26 heavy (non-hydrogen) atoms. The Labute approximate surface area is 152 Å². The van der Waals surface area contributed by atoms with Crippen molar-refractivity contribution in [3.05, 3.63) is 89.5 Å². The van der Waals surface area contributed by atoms with Gasteiger partial charge >= 0.3 is 0 Å². The Balaban J connectivity index is 1.67. The van der Waals surface area contributed by atoms with E-state index >= 15 is 0 Å².